The Hall–Kier alpha value is -0.990. The van der Waals surface area contributed by atoms with Crippen LogP contribution in [0.1, 0.15) is 5.69 Å². The summed E-state index contributed by atoms with van der Waals surface area (Å²) in [6, 6.07) is 1.42. The Labute approximate surface area is 98.9 Å². The third kappa shape index (κ3) is 3.48. The highest BCUT2D eigenvalue weighted by molar-refractivity contribution is 7.89. The van der Waals surface area contributed by atoms with E-state index in [1.165, 1.54) is 12.3 Å². The molecule has 0 aliphatic heterocycles. The molecule has 98 valence electrons. The highest BCUT2D eigenvalue weighted by atomic mass is 32.2. The first-order chi connectivity index (χ1) is 7.87. The summed E-state index contributed by atoms with van der Waals surface area (Å²) in [7, 11) is -0.986. The van der Waals surface area contributed by atoms with Gasteiger partial charge in [-0.3, -0.25) is 0 Å². The summed E-state index contributed by atoms with van der Waals surface area (Å²) in [5.74, 6) is 0. The maximum Gasteiger partial charge on any atom is 0.252 e. The van der Waals surface area contributed by atoms with Crippen molar-refractivity contribution in [2.24, 2.45) is 0 Å². The number of aromatic amines is 1. The second-order valence-corrected chi connectivity index (χ2v) is 5.61. The molecule has 8 heteroatoms. The van der Waals surface area contributed by atoms with Crippen molar-refractivity contribution in [3.05, 3.63) is 18.0 Å². The molecule has 0 unspecified atom stereocenters. The van der Waals surface area contributed by atoms with Crippen LogP contribution in [0.5, 0.6) is 0 Å². The van der Waals surface area contributed by atoms with Crippen molar-refractivity contribution >= 4 is 10.0 Å². The van der Waals surface area contributed by atoms with Crippen LogP contribution in [0.25, 0.3) is 0 Å². The van der Waals surface area contributed by atoms with Crippen LogP contribution in [0.15, 0.2) is 17.2 Å². The third-order valence-corrected chi connectivity index (χ3v) is 3.99. The molecular weight excluding hydrogens is 252 g/mol. The number of halogens is 2. The normalized spacial score (nSPS) is 12.6. The predicted octanol–water partition coefficient (Wildman–Crippen LogP) is 0.620. The number of hydrogen-bond donors (Lipinski definition) is 2. The molecule has 1 aromatic rings. The average Bonchev–Trinajstić information content (AvgIpc) is 2.66. The summed E-state index contributed by atoms with van der Waals surface area (Å²) < 4.78 is 48.6. The van der Waals surface area contributed by atoms with Crippen molar-refractivity contribution in [2.45, 2.75) is 17.9 Å². The van der Waals surface area contributed by atoms with E-state index in [4.69, 9.17) is 0 Å². The molecule has 1 aromatic heterocycles. The zero-order valence-electron chi connectivity index (χ0n) is 9.57. The minimum atomic E-state index is -3.84. The fourth-order valence-corrected chi connectivity index (χ4v) is 2.50. The number of nitrogens with zero attached hydrogens (tertiary/aromatic N) is 1. The van der Waals surface area contributed by atoms with Gasteiger partial charge in [0.05, 0.1) is 11.4 Å². The van der Waals surface area contributed by atoms with Crippen LogP contribution < -0.4 is 5.32 Å². The van der Waals surface area contributed by atoms with E-state index in [1.807, 2.05) is 0 Å². The van der Waals surface area contributed by atoms with Crippen LogP contribution in [0.3, 0.4) is 0 Å². The second-order valence-electron chi connectivity index (χ2n) is 3.57. The van der Waals surface area contributed by atoms with Gasteiger partial charge in [-0.15, -0.1) is 0 Å². The van der Waals surface area contributed by atoms with E-state index in [1.54, 1.807) is 7.05 Å². The van der Waals surface area contributed by atoms with Gasteiger partial charge in [-0.1, -0.05) is 0 Å². The lowest BCUT2D eigenvalue weighted by molar-refractivity contribution is 0.126. The quantitative estimate of drug-likeness (QED) is 0.794. The number of hydrogen-bond acceptors (Lipinski definition) is 3. The van der Waals surface area contributed by atoms with E-state index in [2.05, 4.69) is 10.3 Å². The van der Waals surface area contributed by atoms with Crippen molar-refractivity contribution < 1.29 is 17.2 Å². The Balaban J connectivity index is 2.88. The van der Waals surface area contributed by atoms with Crippen LogP contribution in [0, 0.1) is 0 Å². The van der Waals surface area contributed by atoms with Crippen molar-refractivity contribution in [1.82, 2.24) is 14.6 Å². The Bertz CT molecular complexity index is 459. The van der Waals surface area contributed by atoms with Gasteiger partial charge >= 0.3 is 0 Å². The van der Waals surface area contributed by atoms with Gasteiger partial charge in [0.25, 0.3) is 6.43 Å². The number of sulfonamides is 1. The van der Waals surface area contributed by atoms with Crippen molar-refractivity contribution in [3.63, 3.8) is 0 Å². The van der Waals surface area contributed by atoms with Crippen LogP contribution >= 0.6 is 0 Å². The van der Waals surface area contributed by atoms with Gasteiger partial charge in [0.1, 0.15) is 0 Å². The molecule has 0 saturated carbocycles. The fraction of sp³-hybridized carbons (Fsp3) is 0.556. The van der Waals surface area contributed by atoms with E-state index in [9.17, 15) is 17.2 Å². The highest BCUT2D eigenvalue weighted by Gasteiger charge is 2.24. The molecular formula is C9H15F2N3O2S. The molecule has 0 spiro atoms. The van der Waals surface area contributed by atoms with E-state index in [0.29, 0.717) is 16.5 Å². The Morgan fingerprint density at radius 2 is 2.18 bits per heavy atom. The smallest absolute Gasteiger partial charge is 0.252 e. The Morgan fingerprint density at radius 1 is 1.53 bits per heavy atom. The molecule has 1 heterocycles. The summed E-state index contributed by atoms with van der Waals surface area (Å²) in [6.07, 6.45) is -1.39. The van der Waals surface area contributed by atoms with Gasteiger partial charge in [-0.2, -0.15) is 4.31 Å². The van der Waals surface area contributed by atoms with Crippen LogP contribution in [-0.2, 0) is 16.6 Å². The summed E-state index contributed by atoms with van der Waals surface area (Å²) in [4.78, 5) is 2.76. The van der Waals surface area contributed by atoms with Crippen LogP contribution in [0.4, 0.5) is 8.78 Å². The third-order valence-electron chi connectivity index (χ3n) is 2.19. The van der Waals surface area contributed by atoms with Gasteiger partial charge in [-0.05, 0) is 13.1 Å². The van der Waals surface area contributed by atoms with Crippen LogP contribution in [0.2, 0.25) is 0 Å². The molecule has 17 heavy (non-hydrogen) atoms. The lowest BCUT2D eigenvalue weighted by Crippen LogP contribution is -2.31. The molecule has 0 aliphatic carbocycles. The summed E-state index contributed by atoms with van der Waals surface area (Å²) in [6.45, 7) is -0.330. The molecule has 0 fully saturated rings. The number of nitrogens with one attached hydrogen (secondary N) is 2. The molecule has 0 bridgehead atoms. The maximum atomic E-state index is 12.1. The molecule has 0 saturated heterocycles. The molecule has 0 radical (unpaired) electrons. The summed E-state index contributed by atoms with van der Waals surface area (Å²) in [5.41, 5.74) is 0.677. The molecule has 2 N–H and O–H groups in total. The molecule has 1 rings (SSSR count). The van der Waals surface area contributed by atoms with Crippen molar-refractivity contribution in [3.8, 4) is 0 Å². The lowest BCUT2D eigenvalue weighted by atomic mass is 10.4. The first kappa shape index (κ1) is 14.1. The van der Waals surface area contributed by atoms with Gasteiger partial charge < -0.3 is 10.3 Å². The first-order valence-electron chi connectivity index (χ1n) is 4.94. The zero-order chi connectivity index (χ0) is 13.1. The first-order valence-corrected chi connectivity index (χ1v) is 6.38. The highest BCUT2D eigenvalue weighted by Crippen LogP contribution is 2.16. The molecule has 0 amide bonds. The van der Waals surface area contributed by atoms with Crippen LogP contribution in [-0.4, -0.2) is 44.8 Å². The topological polar surface area (TPSA) is 65.2 Å². The van der Waals surface area contributed by atoms with E-state index in [0.717, 1.165) is 7.05 Å². The van der Waals surface area contributed by atoms with E-state index >= 15 is 0 Å². The zero-order valence-corrected chi connectivity index (χ0v) is 10.4. The standard InChI is InChI=1S/C9H15F2N3O2S/c1-12-4-7-3-8(5-13-7)17(15,16)14(2)6-9(10)11/h3,5,9,12-13H,4,6H2,1-2H3. The van der Waals surface area contributed by atoms with Gasteiger partial charge in [0.15, 0.2) is 0 Å². The second kappa shape index (κ2) is 5.56. The summed E-state index contributed by atoms with van der Waals surface area (Å²) in [5, 5.41) is 2.85. The van der Waals surface area contributed by atoms with Crippen molar-refractivity contribution in [2.75, 3.05) is 20.6 Å². The van der Waals surface area contributed by atoms with Gasteiger partial charge in [-0.25, -0.2) is 17.2 Å². The van der Waals surface area contributed by atoms with Gasteiger partial charge in [0.2, 0.25) is 10.0 Å². The van der Waals surface area contributed by atoms with E-state index < -0.39 is 23.0 Å². The van der Waals surface area contributed by atoms with Crippen molar-refractivity contribution in [1.29, 1.82) is 0 Å². The van der Waals surface area contributed by atoms with E-state index in [-0.39, 0.29) is 4.90 Å². The minimum Gasteiger partial charge on any atom is -0.363 e. The Kier molecular flexibility index (Phi) is 4.61. The monoisotopic (exact) mass is 267 g/mol. The number of alkyl halides is 2. The minimum absolute atomic E-state index is 0.00843. The average molecular weight is 267 g/mol. The fourth-order valence-electron chi connectivity index (χ4n) is 1.33. The SMILES string of the molecule is CNCc1cc(S(=O)(=O)N(C)CC(F)F)c[nH]1. The number of aromatic nitrogens is 1. The molecule has 0 aliphatic rings. The number of H-pyrrole nitrogens is 1. The Morgan fingerprint density at radius 3 is 2.71 bits per heavy atom. The van der Waals surface area contributed by atoms with Gasteiger partial charge in [0, 0.05) is 25.5 Å². The largest absolute Gasteiger partial charge is 0.363 e. The summed E-state index contributed by atoms with van der Waals surface area (Å²) >= 11 is 0. The number of rotatable bonds is 6. The molecule has 0 atom stereocenters. The predicted molar refractivity (Wildman–Crippen MR) is 59.4 cm³/mol. The lowest BCUT2D eigenvalue weighted by Gasteiger charge is -2.15. The molecule has 5 nitrogen and oxygen atoms in total. The maximum absolute atomic E-state index is 12.1. The molecule has 0 aromatic carbocycles.